The van der Waals surface area contributed by atoms with E-state index in [0.717, 1.165) is 25.8 Å². The van der Waals surface area contributed by atoms with Gasteiger partial charge in [-0.15, -0.1) is 12.4 Å². The molecule has 116 valence electrons. The number of fused-ring (bicyclic) bond motifs is 1. The fourth-order valence-electron chi connectivity index (χ4n) is 4.11. The molecule has 21 heavy (non-hydrogen) atoms. The molecule has 1 N–H and O–H groups in total. The minimum atomic E-state index is -0.584. The number of benzene rings is 1. The molecule has 2 aliphatic rings. The quantitative estimate of drug-likeness (QED) is 0.926. The molecular formula is C17H24ClNO2. The van der Waals surface area contributed by atoms with Gasteiger partial charge in [-0.05, 0) is 38.2 Å². The lowest BCUT2D eigenvalue weighted by molar-refractivity contribution is -0.149. The summed E-state index contributed by atoms with van der Waals surface area (Å²) in [5.74, 6) is -0.244. The monoisotopic (exact) mass is 309 g/mol. The Morgan fingerprint density at radius 2 is 2.24 bits per heavy atom. The summed E-state index contributed by atoms with van der Waals surface area (Å²) in [6, 6.07) is 8.86. The third kappa shape index (κ3) is 2.69. The molecule has 1 aliphatic heterocycles. The van der Waals surface area contributed by atoms with Crippen LogP contribution >= 0.6 is 12.4 Å². The SMILES string of the molecule is Cc1cccc(C(C)N2C[C@@H]3CCC[C@@]3(C(=O)O)C2)c1.Cl. The van der Waals surface area contributed by atoms with Gasteiger partial charge in [0.1, 0.15) is 0 Å². The maximum atomic E-state index is 11.7. The van der Waals surface area contributed by atoms with Crippen molar-refractivity contribution in [1.82, 2.24) is 4.90 Å². The average Bonchev–Trinajstić information content (AvgIpc) is 2.95. The summed E-state index contributed by atoms with van der Waals surface area (Å²) < 4.78 is 0. The molecule has 3 atom stereocenters. The van der Waals surface area contributed by atoms with E-state index in [4.69, 9.17) is 0 Å². The van der Waals surface area contributed by atoms with Gasteiger partial charge >= 0.3 is 5.97 Å². The van der Waals surface area contributed by atoms with Crippen molar-refractivity contribution in [3.8, 4) is 0 Å². The number of aliphatic carboxylic acids is 1. The first-order valence-electron chi connectivity index (χ1n) is 7.57. The number of likely N-dealkylation sites (tertiary alicyclic amines) is 1. The first-order valence-corrected chi connectivity index (χ1v) is 7.57. The van der Waals surface area contributed by atoms with Crippen molar-refractivity contribution in [1.29, 1.82) is 0 Å². The third-order valence-electron chi connectivity index (χ3n) is 5.40. The third-order valence-corrected chi connectivity index (χ3v) is 5.40. The van der Waals surface area contributed by atoms with Gasteiger partial charge in [0, 0.05) is 19.1 Å². The number of aryl methyl sites for hydroxylation is 1. The fourth-order valence-corrected chi connectivity index (χ4v) is 4.11. The summed E-state index contributed by atoms with van der Waals surface area (Å²) in [6.45, 7) is 5.95. The largest absolute Gasteiger partial charge is 0.481 e. The molecule has 1 aliphatic carbocycles. The standard InChI is InChI=1S/C17H23NO2.ClH/c1-12-5-3-6-14(9-12)13(2)18-10-15-7-4-8-17(15,11-18)16(19)20;/h3,5-6,9,13,15H,4,7-8,10-11H2,1-2H3,(H,19,20);1H/t13?,15-,17+;/m0./s1. The van der Waals surface area contributed by atoms with Crippen LogP contribution in [0.25, 0.3) is 0 Å². The fraction of sp³-hybridized carbons (Fsp3) is 0.588. The first kappa shape index (κ1) is 16.3. The molecular weight excluding hydrogens is 286 g/mol. The van der Waals surface area contributed by atoms with Crippen LogP contribution in [-0.2, 0) is 4.79 Å². The maximum absolute atomic E-state index is 11.7. The van der Waals surface area contributed by atoms with E-state index < -0.39 is 11.4 Å². The summed E-state index contributed by atoms with van der Waals surface area (Å²) in [4.78, 5) is 14.1. The van der Waals surface area contributed by atoms with E-state index in [2.05, 4.69) is 43.0 Å². The molecule has 0 spiro atoms. The second-order valence-corrected chi connectivity index (χ2v) is 6.57. The first-order chi connectivity index (χ1) is 9.53. The number of carboxylic acid groups (broad SMARTS) is 1. The van der Waals surface area contributed by atoms with Crippen molar-refractivity contribution < 1.29 is 9.90 Å². The summed E-state index contributed by atoms with van der Waals surface area (Å²) in [5.41, 5.74) is 2.09. The minimum Gasteiger partial charge on any atom is -0.481 e. The second kappa shape index (κ2) is 5.98. The molecule has 0 aromatic heterocycles. The molecule has 0 bridgehead atoms. The van der Waals surface area contributed by atoms with Crippen molar-refractivity contribution >= 4 is 18.4 Å². The molecule has 0 amide bonds. The highest BCUT2D eigenvalue weighted by Gasteiger charge is 2.55. The lowest BCUT2D eigenvalue weighted by Gasteiger charge is -2.27. The molecule has 3 nitrogen and oxygen atoms in total. The number of hydrogen-bond donors (Lipinski definition) is 1. The van der Waals surface area contributed by atoms with Gasteiger partial charge in [-0.1, -0.05) is 36.2 Å². The van der Waals surface area contributed by atoms with Crippen LogP contribution < -0.4 is 0 Å². The molecule has 0 radical (unpaired) electrons. The lowest BCUT2D eigenvalue weighted by atomic mass is 9.81. The molecule has 3 rings (SSSR count). The van der Waals surface area contributed by atoms with E-state index in [1.54, 1.807) is 0 Å². The Balaban J connectivity index is 0.00000161. The molecule has 1 aromatic carbocycles. The van der Waals surface area contributed by atoms with Crippen molar-refractivity contribution in [2.45, 2.75) is 39.2 Å². The van der Waals surface area contributed by atoms with Gasteiger partial charge < -0.3 is 5.11 Å². The number of halogens is 1. The van der Waals surface area contributed by atoms with Gasteiger partial charge in [0.05, 0.1) is 5.41 Å². The van der Waals surface area contributed by atoms with E-state index in [0.29, 0.717) is 18.5 Å². The summed E-state index contributed by atoms with van der Waals surface area (Å²) >= 11 is 0. The van der Waals surface area contributed by atoms with Gasteiger partial charge in [0.2, 0.25) is 0 Å². The van der Waals surface area contributed by atoms with Gasteiger partial charge in [-0.2, -0.15) is 0 Å². The lowest BCUT2D eigenvalue weighted by Crippen LogP contribution is -2.36. The minimum absolute atomic E-state index is 0. The Kier molecular flexibility index (Phi) is 4.64. The molecule has 4 heteroatoms. The normalized spacial score (nSPS) is 29.7. The van der Waals surface area contributed by atoms with Crippen LogP contribution in [-0.4, -0.2) is 29.1 Å². The maximum Gasteiger partial charge on any atom is 0.311 e. The van der Waals surface area contributed by atoms with Gasteiger partial charge in [-0.25, -0.2) is 0 Å². The van der Waals surface area contributed by atoms with E-state index in [-0.39, 0.29) is 12.4 Å². The number of carbonyl (C=O) groups is 1. The van der Waals surface area contributed by atoms with Gasteiger partial charge in [0.25, 0.3) is 0 Å². The van der Waals surface area contributed by atoms with E-state index >= 15 is 0 Å². The molecule has 1 heterocycles. The molecule has 2 fully saturated rings. The van der Waals surface area contributed by atoms with Crippen LogP contribution in [0.2, 0.25) is 0 Å². The zero-order chi connectivity index (χ0) is 14.3. The predicted molar refractivity (Wildman–Crippen MR) is 85.8 cm³/mol. The molecule has 1 aromatic rings. The Hall–Kier alpha value is -1.06. The second-order valence-electron chi connectivity index (χ2n) is 6.57. The highest BCUT2D eigenvalue weighted by Crippen LogP contribution is 2.50. The van der Waals surface area contributed by atoms with Crippen LogP contribution in [0, 0.1) is 18.3 Å². The van der Waals surface area contributed by atoms with Crippen LogP contribution in [0.1, 0.15) is 43.4 Å². The number of nitrogens with zero attached hydrogens (tertiary/aromatic N) is 1. The zero-order valence-corrected chi connectivity index (χ0v) is 13.5. The summed E-state index contributed by atoms with van der Waals surface area (Å²) in [7, 11) is 0. The highest BCUT2D eigenvalue weighted by molar-refractivity contribution is 5.85. The molecule has 1 saturated carbocycles. The number of hydrogen-bond acceptors (Lipinski definition) is 2. The molecule has 1 saturated heterocycles. The van der Waals surface area contributed by atoms with Crippen LogP contribution in [0.15, 0.2) is 24.3 Å². The Bertz CT molecular complexity index is 533. The Morgan fingerprint density at radius 1 is 1.48 bits per heavy atom. The molecule has 1 unspecified atom stereocenters. The van der Waals surface area contributed by atoms with Gasteiger partial charge in [0.15, 0.2) is 0 Å². The number of rotatable bonds is 3. The van der Waals surface area contributed by atoms with Crippen molar-refractivity contribution in [3.63, 3.8) is 0 Å². The van der Waals surface area contributed by atoms with E-state index in [1.165, 1.54) is 11.1 Å². The van der Waals surface area contributed by atoms with E-state index in [9.17, 15) is 9.90 Å². The van der Waals surface area contributed by atoms with Crippen LogP contribution in [0.5, 0.6) is 0 Å². The van der Waals surface area contributed by atoms with Crippen molar-refractivity contribution in [2.24, 2.45) is 11.3 Å². The Labute approximate surface area is 132 Å². The van der Waals surface area contributed by atoms with Crippen molar-refractivity contribution in [2.75, 3.05) is 13.1 Å². The van der Waals surface area contributed by atoms with Crippen LogP contribution in [0.3, 0.4) is 0 Å². The average molecular weight is 310 g/mol. The van der Waals surface area contributed by atoms with Crippen molar-refractivity contribution in [3.05, 3.63) is 35.4 Å². The van der Waals surface area contributed by atoms with Gasteiger partial charge in [-0.3, -0.25) is 9.69 Å². The highest BCUT2D eigenvalue weighted by atomic mass is 35.5. The summed E-state index contributed by atoms with van der Waals surface area (Å²) in [5, 5.41) is 9.66. The zero-order valence-electron chi connectivity index (χ0n) is 12.7. The Morgan fingerprint density at radius 3 is 2.86 bits per heavy atom. The smallest absolute Gasteiger partial charge is 0.311 e. The van der Waals surface area contributed by atoms with E-state index in [1.807, 2.05) is 0 Å². The topological polar surface area (TPSA) is 40.5 Å². The number of carboxylic acids is 1. The summed E-state index contributed by atoms with van der Waals surface area (Å²) in [6.07, 6.45) is 3.00. The predicted octanol–water partition coefficient (Wildman–Crippen LogP) is 3.66. The van der Waals surface area contributed by atoms with Crippen LogP contribution in [0.4, 0.5) is 0 Å².